The van der Waals surface area contributed by atoms with Crippen LogP contribution in [-0.4, -0.2) is 11.6 Å². The fraction of sp³-hybridized carbons (Fsp3) is 0.0698. The zero-order chi connectivity index (χ0) is 31.3. The van der Waals surface area contributed by atoms with E-state index < -0.39 is 0 Å². The topological polar surface area (TPSA) is 8.17 Å². The highest BCUT2D eigenvalue weighted by atomic mass is 79.9. The molecule has 0 saturated carbocycles. The Bertz CT molecular complexity index is 2110. The van der Waals surface area contributed by atoms with Crippen LogP contribution in [0, 0.1) is 0 Å². The fourth-order valence-electron chi connectivity index (χ4n) is 6.13. The van der Waals surface area contributed by atoms with Gasteiger partial charge in [0, 0.05) is 39.4 Å². The van der Waals surface area contributed by atoms with Crippen LogP contribution in [0.1, 0.15) is 12.8 Å². The van der Waals surface area contributed by atoms with Crippen molar-refractivity contribution in [2.24, 2.45) is 0 Å². The van der Waals surface area contributed by atoms with E-state index in [1.54, 1.807) is 0 Å². The van der Waals surface area contributed by atoms with Gasteiger partial charge in [0.2, 0.25) is 0 Å². The molecule has 0 saturated heterocycles. The number of hydrogen-bond acceptors (Lipinski definition) is 1. The molecule has 224 valence electrons. The Morgan fingerprint density at radius 1 is 0.522 bits per heavy atom. The Balaban J connectivity index is 0.000000508. The van der Waals surface area contributed by atoms with E-state index in [2.05, 4.69) is 166 Å². The smallest absolute Gasteiger partial charge is 0.0541 e. The highest BCUT2D eigenvalue weighted by Gasteiger charge is 2.16. The van der Waals surface area contributed by atoms with Gasteiger partial charge in [0.25, 0.3) is 0 Å². The average Bonchev–Trinajstić information content (AvgIpc) is 3.46. The van der Waals surface area contributed by atoms with E-state index in [4.69, 9.17) is 0 Å². The number of anilines is 2. The summed E-state index contributed by atoms with van der Waals surface area (Å²) in [6.45, 7) is 0. The van der Waals surface area contributed by atoms with E-state index in [0.717, 1.165) is 17.3 Å². The maximum absolute atomic E-state index is 3.57. The highest BCUT2D eigenvalue weighted by Crippen LogP contribution is 2.38. The molecule has 0 bridgehead atoms. The summed E-state index contributed by atoms with van der Waals surface area (Å²) >= 11 is 3.57. The fourth-order valence-corrected chi connectivity index (χ4v) is 6.40. The molecule has 0 N–H and O–H groups in total. The van der Waals surface area contributed by atoms with E-state index in [-0.39, 0.29) is 0 Å². The van der Waals surface area contributed by atoms with Crippen molar-refractivity contribution in [2.75, 3.05) is 11.9 Å². The maximum atomic E-state index is 3.57. The minimum Gasteiger partial charge on any atom is -0.345 e. The van der Waals surface area contributed by atoms with Crippen molar-refractivity contribution in [3.8, 4) is 22.3 Å². The molecule has 0 fully saturated rings. The highest BCUT2D eigenvalue weighted by molar-refractivity contribution is 9.10. The van der Waals surface area contributed by atoms with Gasteiger partial charge in [0.15, 0.2) is 0 Å². The number of aromatic nitrogens is 1. The van der Waals surface area contributed by atoms with Crippen LogP contribution < -0.4 is 4.90 Å². The van der Waals surface area contributed by atoms with Crippen LogP contribution in [0.5, 0.6) is 0 Å². The molecule has 1 aliphatic carbocycles. The Morgan fingerprint density at radius 3 is 1.52 bits per heavy atom. The molecule has 1 aliphatic rings. The number of allylic oxidation sites excluding steroid dienone is 4. The molecule has 1 heterocycles. The first-order valence-corrected chi connectivity index (χ1v) is 16.6. The van der Waals surface area contributed by atoms with Crippen LogP contribution in [-0.2, 0) is 0 Å². The number of halogens is 1. The third-order valence-electron chi connectivity index (χ3n) is 8.57. The van der Waals surface area contributed by atoms with Gasteiger partial charge in [-0.15, -0.1) is 0 Å². The molecule has 7 aromatic rings. The summed E-state index contributed by atoms with van der Waals surface area (Å²) in [7, 11) is 2.11. The zero-order valence-corrected chi connectivity index (χ0v) is 27.4. The van der Waals surface area contributed by atoms with Crippen molar-refractivity contribution >= 4 is 54.8 Å². The van der Waals surface area contributed by atoms with Gasteiger partial charge in [0.05, 0.1) is 11.0 Å². The van der Waals surface area contributed by atoms with Crippen LogP contribution in [0.3, 0.4) is 0 Å². The summed E-state index contributed by atoms with van der Waals surface area (Å²) in [5.41, 5.74) is 11.0. The Kier molecular flexibility index (Phi) is 8.67. The first-order valence-electron chi connectivity index (χ1n) is 15.8. The standard InChI is InChI=1S/C37H29BrN2.C6H6/c1-39(31-8-4-2-5-9-31)32-20-14-27(15-21-32)29-17-23-37-35(25-29)34-24-28(26-12-18-30(38)19-13-26)16-22-36(34)40(37)33-10-6-3-7-11-33;1-2-4-6-5-3-1/h2,4-6,8-25H,3,7H2,1H3;1-6H. The molecule has 6 aromatic carbocycles. The summed E-state index contributed by atoms with van der Waals surface area (Å²) in [6, 6.07) is 53.7. The Labute approximate surface area is 279 Å². The van der Waals surface area contributed by atoms with E-state index in [1.165, 1.54) is 61.1 Å². The predicted molar refractivity (Wildman–Crippen MR) is 202 cm³/mol. The number of rotatable bonds is 5. The van der Waals surface area contributed by atoms with Gasteiger partial charge in [-0.05, 0) is 102 Å². The number of para-hydroxylation sites is 1. The summed E-state index contributed by atoms with van der Waals surface area (Å²) in [6.07, 6.45) is 9.09. The summed E-state index contributed by atoms with van der Waals surface area (Å²) in [4.78, 5) is 2.22. The van der Waals surface area contributed by atoms with Gasteiger partial charge in [-0.25, -0.2) is 0 Å². The summed E-state index contributed by atoms with van der Waals surface area (Å²) < 4.78 is 3.52. The van der Waals surface area contributed by atoms with Gasteiger partial charge >= 0.3 is 0 Å². The van der Waals surface area contributed by atoms with Gasteiger partial charge in [-0.3, -0.25) is 0 Å². The lowest BCUT2D eigenvalue weighted by Crippen LogP contribution is -2.08. The quantitative estimate of drug-likeness (QED) is 0.179. The van der Waals surface area contributed by atoms with Gasteiger partial charge in [-0.2, -0.15) is 0 Å². The first-order chi connectivity index (χ1) is 22.7. The molecule has 8 rings (SSSR count). The number of fused-ring (bicyclic) bond motifs is 3. The van der Waals surface area contributed by atoms with Gasteiger partial charge in [-0.1, -0.05) is 119 Å². The van der Waals surface area contributed by atoms with Crippen LogP contribution in [0.25, 0.3) is 49.8 Å². The van der Waals surface area contributed by atoms with Crippen molar-refractivity contribution in [3.05, 3.63) is 174 Å². The molecule has 2 nitrogen and oxygen atoms in total. The monoisotopic (exact) mass is 658 g/mol. The van der Waals surface area contributed by atoms with Gasteiger partial charge < -0.3 is 9.47 Å². The van der Waals surface area contributed by atoms with E-state index in [0.29, 0.717) is 0 Å². The number of benzene rings is 6. The number of hydrogen-bond donors (Lipinski definition) is 0. The Hall–Kier alpha value is -5.12. The van der Waals surface area contributed by atoms with Crippen molar-refractivity contribution in [3.63, 3.8) is 0 Å². The molecule has 0 unspecified atom stereocenters. The molecule has 0 spiro atoms. The molecular formula is C43H35BrN2. The molecule has 46 heavy (non-hydrogen) atoms. The minimum atomic E-state index is 1.08. The SMILES string of the molecule is CN(c1ccccc1)c1ccc(-c2ccc3c(c2)c2cc(-c4ccc(Br)cc4)ccc2n3C2=CCCC=C2)cc1.c1ccccc1. The molecule has 0 amide bonds. The van der Waals surface area contributed by atoms with E-state index in [1.807, 2.05) is 36.4 Å². The normalized spacial score (nSPS) is 12.4. The molecule has 1 aromatic heterocycles. The Morgan fingerprint density at radius 2 is 1.00 bits per heavy atom. The summed E-state index contributed by atoms with van der Waals surface area (Å²) in [5, 5.41) is 2.55. The van der Waals surface area contributed by atoms with Gasteiger partial charge in [0.1, 0.15) is 0 Å². The minimum absolute atomic E-state index is 1.08. The molecule has 3 heteroatoms. The lowest BCUT2D eigenvalue weighted by atomic mass is 10.00. The molecular weight excluding hydrogens is 624 g/mol. The average molecular weight is 660 g/mol. The molecule has 0 aliphatic heterocycles. The number of nitrogens with zero attached hydrogens (tertiary/aromatic N) is 2. The second kappa shape index (κ2) is 13.5. The lowest BCUT2D eigenvalue weighted by Gasteiger charge is -2.19. The summed E-state index contributed by atoms with van der Waals surface area (Å²) in [5.74, 6) is 0. The van der Waals surface area contributed by atoms with Crippen LogP contribution >= 0.6 is 15.9 Å². The largest absolute Gasteiger partial charge is 0.345 e. The predicted octanol–water partition coefficient (Wildman–Crippen LogP) is 12.5. The third-order valence-corrected chi connectivity index (χ3v) is 9.10. The third kappa shape index (κ3) is 6.20. The molecule has 0 radical (unpaired) electrons. The van der Waals surface area contributed by atoms with Crippen LogP contribution in [0.4, 0.5) is 11.4 Å². The van der Waals surface area contributed by atoms with E-state index in [9.17, 15) is 0 Å². The van der Waals surface area contributed by atoms with Crippen molar-refractivity contribution in [1.82, 2.24) is 4.57 Å². The van der Waals surface area contributed by atoms with Crippen molar-refractivity contribution < 1.29 is 0 Å². The second-order valence-corrected chi connectivity index (χ2v) is 12.4. The maximum Gasteiger partial charge on any atom is 0.0541 e. The van der Waals surface area contributed by atoms with Crippen LogP contribution in [0.15, 0.2) is 174 Å². The molecule has 0 atom stereocenters. The lowest BCUT2D eigenvalue weighted by molar-refractivity contribution is 1.02. The van der Waals surface area contributed by atoms with Crippen molar-refractivity contribution in [1.29, 1.82) is 0 Å². The second-order valence-electron chi connectivity index (χ2n) is 11.5. The van der Waals surface area contributed by atoms with Crippen molar-refractivity contribution in [2.45, 2.75) is 12.8 Å². The first kappa shape index (κ1) is 29.6. The van der Waals surface area contributed by atoms with Crippen LogP contribution in [0.2, 0.25) is 0 Å². The zero-order valence-electron chi connectivity index (χ0n) is 25.9. The van der Waals surface area contributed by atoms with E-state index >= 15 is 0 Å².